The van der Waals surface area contributed by atoms with Crippen molar-refractivity contribution in [3.8, 4) is 5.75 Å². The molecule has 27 heavy (non-hydrogen) atoms. The Morgan fingerprint density at radius 3 is 2.63 bits per heavy atom. The van der Waals surface area contributed by atoms with Crippen molar-refractivity contribution < 1.29 is 17.9 Å². The Morgan fingerprint density at radius 1 is 1.22 bits per heavy atom. The average molecular weight is 391 g/mol. The quantitative estimate of drug-likeness (QED) is 0.787. The van der Waals surface area contributed by atoms with Gasteiger partial charge in [0, 0.05) is 18.3 Å². The summed E-state index contributed by atoms with van der Waals surface area (Å²) in [6.45, 7) is 4.94. The fourth-order valence-electron chi connectivity index (χ4n) is 3.35. The zero-order valence-corrected chi connectivity index (χ0v) is 16.7. The maximum Gasteiger partial charge on any atom is 0.240 e. The summed E-state index contributed by atoms with van der Waals surface area (Å²) >= 11 is 0. The molecule has 2 atom stereocenters. The lowest BCUT2D eigenvalue weighted by Crippen LogP contribution is -2.40. The van der Waals surface area contributed by atoms with Crippen molar-refractivity contribution >= 4 is 10.0 Å². The summed E-state index contributed by atoms with van der Waals surface area (Å²) in [5, 5.41) is 0. The predicted molar refractivity (Wildman–Crippen MR) is 103 cm³/mol. The zero-order chi connectivity index (χ0) is 19.4. The highest BCUT2D eigenvalue weighted by atomic mass is 32.2. The number of methoxy groups -OCH3 is 1. The monoisotopic (exact) mass is 390 g/mol. The third-order valence-corrected chi connectivity index (χ3v) is 6.37. The van der Waals surface area contributed by atoms with Crippen LogP contribution in [0, 0.1) is 5.92 Å². The van der Waals surface area contributed by atoms with Gasteiger partial charge in [-0.15, -0.1) is 0 Å². The summed E-state index contributed by atoms with van der Waals surface area (Å²) in [6.07, 6.45) is 4.24. The first-order valence-electron chi connectivity index (χ1n) is 9.07. The van der Waals surface area contributed by atoms with E-state index in [1.54, 1.807) is 37.7 Å². The molecule has 1 aromatic carbocycles. The average Bonchev–Trinajstić information content (AvgIpc) is 3.07. The maximum atomic E-state index is 12.9. The van der Waals surface area contributed by atoms with Crippen LogP contribution in [0.3, 0.4) is 0 Å². The molecule has 1 N–H and O–H groups in total. The maximum absolute atomic E-state index is 12.9. The number of pyridine rings is 1. The topological polar surface area (TPSA) is 77.5 Å². The van der Waals surface area contributed by atoms with Crippen LogP contribution in [-0.4, -0.2) is 39.8 Å². The van der Waals surface area contributed by atoms with Crippen molar-refractivity contribution in [1.82, 2.24) is 9.71 Å². The number of sulfonamides is 1. The van der Waals surface area contributed by atoms with Gasteiger partial charge in [-0.25, -0.2) is 13.1 Å². The lowest BCUT2D eigenvalue weighted by atomic mass is 9.96. The lowest BCUT2D eigenvalue weighted by Gasteiger charge is -2.20. The van der Waals surface area contributed by atoms with Crippen LogP contribution in [0.2, 0.25) is 0 Å². The zero-order valence-electron chi connectivity index (χ0n) is 15.9. The van der Waals surface area contributed by atoms with E-state index < -0.39 is 10.0 Å². The van der Waals surface area contributed by atoms with Crippen molar-refractivity contribution in [2.75, 3.05) is 20.3 Å². The van der Waals surface area contributed by atoms with Crippen molar-refractivity contribution in [3.05, 3.63) is 53.9 Å². The van der Waals surface area contributed by atoms with Crippen molar-refractivity contribution in [1.29, 1.82) is 0 Å². The van der Waals surface area contributed by atoms with Crippen molar-refractivity contribution in [2.24, 2.45) is 5.92 Å². The lowest BCUT2D eigenvalue weighted by molar-refractivity contribution is 0.183. The minimum atomic E-state index is -3.65. The molecular weight excluding hydrogens is 364 g/mol. The third-order valence-electron chi connectivity index (χ3n) is 4.89. The fraction of sp³-hybridized carbons (Fsp3) is 0.450. The molecule has 0 radical (unpaired) electrons. The SMILES string of the molecule is COc1ccc(S(=O)(=O)NC2COCC2Cc2ccncc2)cc1C(C)C. The number of aromatic nitrogens is 1. The molecule has 2 aromatic rings. The summed E-state index contributed by atoms with van der Waals surface area (Å²) in [5.41, 5.74) is 1.99. The molecule has 0 amide bonds. The number of hydrogen-bond donors (Lipinski definition) is 1. The van der Waals surface area contributed by atoms with Crippen LogP contribution in [0.5, 0.6) is 5.75 Å². The molecular formula is C20H26N2O4S. The van der Waals surface area contributed by atoms with E-state index in [2.05, 4.69) is 9.71 Å². The summed E-state index contributed by atoms with van der Waals surface area (Å²) in [4.78, 5) is 4.27. The van der Waals surface area contributed by atoms with Crippen molar-refractivity contribution in [3.63, 3.8) is 0 Å². The molecule has 7 heteroatoms. The minimum absolute atomic E-state index is 0.0880. The molecule has 146 valence electrons. The molecule has 1 saturated heterocycles. The van der Waals surface area contributed by atoms with Gasteiger partial charge in [0.25, 0.3) is 0 Å². The first-order valence-corrected chi connectivity index (χ1v) is 10.6. The van der Waals surface area contributed by atoms with E-state index in [1.165, 1.54) is 0 Å². The summed E-state index contributed by atoms with van der Waals surface area (Å²) in [6, 6.07) is 8.63. The van der Waals surface area contributed by atoms with Gasteiger partial charge in [-0.2, -0.15) is 0 Å². The van der Waals surface area contributed by atoms with Gasteiger partial charge >= 0.3 is 0 Å². The van der Waals surface area contributed by atoms with Crippen LogP contribution in [0.4, 0.5) is 0 Å². The summed E-state index contributed by atoms with van der Waals surface area (Å²) < 4.78 is 39.6. The Hall–Kier alpha value is -1.96. The predicted octanol–water partition coefficient (Wildman–Crippen LogP) is 2.75. The van der Waals surface area contributed by atoms with E-state index in [-0.39, 0.29) is 22.8 Å². The first kappa shape index (κ1) is 19.8. The second-order valence-electron chi connectivity index (χ2n) is 7.14. The van der Waals surface area contributed by atoms with Crippen LogP contribution < -0.4 is 9.46 Å². The van der Waals surface area contributed by atoms with Gasteiger partial charge in [-0.3, -0.25) is 4.98 Å². The van der Waals surface area contributed by atoms with Crippen molar-refractivity contribution in [2.45, 2.75) is 37.1 Å². The second kappa shape index (κ2) is 8.37. The first-order chi connectivity index (χ1) is 12.9. The Labute approximate surface area is 161 Å². The molecule has 0 aliphatic carbocycles. The number of nitrogens with one attached hydrogen (secondary N) is 1. The molecule has 0 spiro atoms. The standard InChI is InChI=1S/C20H26N2O4S/c1-14(2)18-11-17(4-5-20(18)25-3)27(23,24)22-19-13-26-12-16(19)10-15-6-8-21-9-7-15/h4-9,11,14,16,19,22H,10,12-13H2,1-3H3. The largest absolute Gasteiger partial charge is 0.496 e. The molecule has 1 aromatic heterocycles. The summed E-state index contributed by atoms with van der Waals surface area (Å²) in [7, 11) is -2.06. The number of hydrogen-bond acceptors (Lipinski definition) is 5. The molecule has 6 nitrogen and oxygen atoms in total. The molecule has 0 bridgehead atoms. The second-order valence-corrected chi connectivity index (χ2v) is 8.86. The molecule has 0 saturated carbocycles. The van der Waals surface area contributed by atoms with Gasteiger partial charge in [-0.1, -0.05) is 13.8 Å². The van der Waals surface area contributed by atoms with E-state index in [9.17, 15) is 8.42 Å². The van der Waals surface area contributed by atoms with E-state index in [4.69, 9.17) is 9.47 Å². The molecule has 2 heterocycles. The van der Waals surface area contributed by atoms with Crippen LogP contribution in [0.1, 0.15) is 30.9 Å². The van der Waals surface area contributed by atoms with E-state index in [0.717, 1.165) is 17.5 Å². The highest BCUT2D eigenvalue weighted by molar-refractivity contribution is 7.89. The van der Waals surface area contributed by atoms with Gasteiger partial charge in [0.15, 0.2) is 0 Å². The van der Waals surface area contributed by atoms with Gasteiger partial charge in [0.2, 0.25) is 10.0 Å². The molecule has 1 fully saturated rings. The normalized spacial score (nSPS) is 20.1. The van der Waals surface area contributed by atoms with Crippen LogP contribution in [-0.2, 0) is 21.2 Å². The molecule has 2 unspecified atom stereocenters. The minimum Gasteiger partial charge on any atom is -0.496 e. The van der Waals surface area contributed by atoms with Gasteiger partial charge in [0.05, 0.1) is 31.3 Å². The van der Waals surface area contributed by atoms with Crippen LogP contribution in [0.15, 0.2) is 47.6 Å². The smallest absolute Gasteiger partial charge is 0.240 e. The highest BCUT2D eigenvalue weighted by Crippen LogP contribution is 2.29. The summed E-state index contributed by atoms with van der Waals surface area (Å²) in [5.74, 6) is 0.943. The molecule has 3 rings (SSSR count). The number of rotatable bonds is 7. The van der Waals surface area contributed by atoms with Crippen LogP contribution >= 0.6 is 0 Å². The number of ether oxygens (including phenoxy) is 2. The molecule has 1 aliphatic rings. The Bertz CT molecular complexity index is 869. The van der Waals surface area contributed by atoms with E-state index in [1.807, 2.05) is 26.0 Å². The highest BCUT2D eigenvalue weighted by Gasteiger charge is 2.32. The number of benzene rings is 1. The fourth-order valence-corrected chi connectivity index (χ4v) is 4.67. The van der Waals surface area contributed by atoms with E-state index in [0.29, 0.717) is 19.0 Å². The van der Waals surface area contributed by atoms with Gasteiger partial charge < -0.3 is 9.47 Å². The van der Waals surface area contributed by atoms with Crippen LogP contribution in [0.25, 0.3) is 0 Å². The third kappa shape index (κ3) is 4.66. The van der Waals surface area contributed by atoms with Gasteiger partial charge in [0.1, 0.15) is 5.75 Å². The van der Waals surface area contributed by atoms with Gasteiger partial charge in [-0.05, 0) is 53.8 Å². The Morgan fingerprint density at radius 2 is 1.96 bits per heavy atom. The van der Waals surface area contributed by atoms with E-state index >= 15 is 0 Å². The Balaban J connectivity index is 1.78. The number of nitrogens with zero attached hydrogens (tertiary/aromatic N) is 1. The molecule has 1 aliphatic heterocycles. The Kier molecular flexibility index (Phi) is 6.14.